The van der Waals surface area contributed by atoms with Gasteiger partial charge in [-0.1, -0.05) is 38.4 Å². The van der Waals surface area contributed by atoms with Crippen molar-refractivity contribution in [2.24, 2.45) is 0 Å². The van der Waals surface area contributed by atoms with Crippen LogP contribution in [0.2, 0.25) is 5.15 Å². The van der Waals surface area contributed by atoms with Gasteiger partial charge in [0.05, 0.1) is 0 Å². The van der Waals surface area contributed by atoms with Crippen molar-refractivity contribution in [3.05, 3.63) is 44.9 Å². The Morgan fingerprint density at radius 3 is 2.53 bits per heavy atom. The summed E-state index contributed by atoms with van der Waals surface area (Å²) in [5.41, 5.74) is -0.172. The van der Waals surface area contributed by atoms with E-state index in [1.54, 1.807) is 6.07 Å². The fourth-order valence-corrected chi connectivity index (χ4v) is 2.12. The van der Waals surface area contributed by atoms with Crippen molar-refractivity contribution < 1.29 is 4.74 Å². The first-order valence-corrected chi connectivity index (χ1v) is 7.29. The molecule has 0 atom stereocenters. The van der Waals surface area contributed by atoms with Gasteiger partial charge in [-0.25, -0.2) is 4.98 Å². The van der Waals surface area contributed by atoms with Gasteiger partial charge in [-0.3, -0.25) is 0 Å². The molecule has 0 spiro atoms. The largest absolute Gasteiger partial charge is 0.439 e. The molecule has 1 heterocycles. The Morgan fingerprint density at radius 1 is 1.16 bits per heavy atom. The molecule has 0 aliphatic carbocycles. The fraction of sp³-hybridized carbons (Fsp3) is 0.286. The van der Waals surface area contributed by atoms with Gasteiger partial charge in [0.15, 0.2) is 0 Å². The van der Waals surface area contributed by atoms with Crippen molar-refractivity contribution >= 4 is 34.2 Å². The molecule has 0 N–H and O–H groups in total. The molecule has 1 aromatic heterocycles. The van der Waals surface area contributed by atoms with Crippen LogP contribution in [0.3, 0.4) is 0 Å². The van der Waals surface area contributed by atoms with Crippen LogP contribution in [0.1, 0.15) is 26.6 Å². The van der Waals surface area contributed by atoms with E-state index in [0.717, 1.165) is 9.32 Å². The lowest BCUT2D eigenvalue weighted by atomic mass is 9.96. The molecule has 0 unspecified atom stereocenters. The van der Waals surface area contributed by atoms with Crippen molar-refractivity contribution in [1.29, 1.82) is 0 Å². The van der Waals surface area contributed by atoms with Gasteiger partial charge in [-0.2, -0.15) is 4.98 Å². The van der Waals surface area contributed by atoms with Gasteiger partial charge >= 0.3 is 0 Å². The van der Waals surface area contributed by atoms with Crippen LogP contribution in [0.5, 0.6) is 11.6 Å². The lowest BCUT2D eigenvalue weighted by Crippen LogP contribution is -2.16. The molecule has 0 aliphatic heterocycles. The van der Waals surface area contributed by atoms with E-state index >= 15 is 0 Å². The predicted molar refractivity (Wildman–Crippen MR) is 85.0 cm³/mol. The van der Waals surface area contributed by atoms with Crippen molar-refractivity contribution in [1.82, 2.24) is 9.97 Å². The lowest BCUT2D eigenvalue weighted by Gasteiger charge is -2.17. The van der Waals surface area contributed by atoms with E-state index in [1.807, 2.05) is 45.0 Å². The zero-order valence-electron chi connectivity index (χ0n) is 10.9. The number of hydrogen-bond donors (Lipinski definition) is 0. The summed E-state index contributed by atoms with van der Waals surface area (Å²) in [6.07, 6.45) is 0. The number of benzene rings is 1. The zero-order valence-corrected chi connectivity index (χ0v) is 13.9. The van der Waals surface area contributed by atoms with Crippen LogP contribution in [0, 0.1) is 3.57 Å². The number of ether oxygens (including phenoxy) is 1. The van der Waals surface area contributed by atoms with Gasteiger partial charge in [-0.05, 0) is 40.8 Å². The normalized spacial score (nSPS) is 11.4. The predicted octanol–water partition coefficient (Wildman–Crippen LogP) is 4.82. The Bertz CT molecular complexity index is 596. The summed E-state index contributed by atoms with van der Waals surface area (Å²) in [6.45, 7) is 6.11. The number of hydrogen-bond acceptors (Lipinski definition) is 3. The minimum Gasteiger partial charge on any atom is -0.439 e. The van der Waals surface area contributed by atoms with Gasteiger partial charge in [0.25, 0.3) is 0 Å². The third kappa shape index (κ3) is 4.04. The third-order valence-electron chi connectivity index (χ3n) is 2.36. The van der Waals surface area contributed by atoms with E-state index in [0.29, 0.717) is 16.9 Å². The second-order valence-corrected chi connectivity index (χ2v) is 6.79. The Balaban J connectivity index is 2.33. The molecule has 0 saturated heterocycles. The van der Waals surface area contributed by atoms with Crippen molar-refractivity contribution in [3.63, 3.8) is 0 Å². The first-order valence-electron chi connectivity index (χ1n) is 5.83. The van der Waals surface area contributed by atoms with E-state index in [4.69, 9.17) is 16.3 Å². The van der Waals surface area contributed by atoms with Crippen molar-refractivity contribution in [2.75, 3.05) is 0 Å². The Labute approximate surface area is 131 Å². The summed E-state index contributed by atoms with van der Waals surface area (Å²) < 4.78 is 6.84. The Morgan fingerprint density at radius 2 is 1.89 bits per heavy atom. The molecule has 2 aromatic rings. The van der Waals surface area contributed by atoms with Crippen LogP contribution in [-0.4, -0.2) is 9.97 Å². The highest BCUT2D eigenvalue weighted by Gasteiger charge is 2.19. The average molecular weight is 389 g/mol. The molecule has 2 rings (SSSR count). The van der Waals surface area contributed by atoms with Gasteiger partial charge < -0.3 is 4.74 Å². The maximum Gasteiger partial charge on any atom is 0.224 e. The summed E-state index contributed by atoms with van der Waals surface area (Å²) in [7, 11) is 0. The van der Waals surface area contributed by atoms with E-state index in [-0.39, 0.29) is 5.41 Å². The highest BCUT2D eigenvalue weighted by atomic mass is 127. The van der Waals surface area contributed by atoms with Crippen molar-refractivity contribution in [2.45, 2.75) is 26.2 Å². The third-order valence-corrected chi connectivity index (χ3v) is 3.23. The van der Waals surface area contributed by atoms with Crippen LogP contribution in [0.4, 0.5) is 0 Å². The monoisotopic (exact) mass is 388 g/mol. The van der Waals surface area contributed by atoms with E-state index in [1.165, 1.54) is 0 Å². The summed E-state index contributed by atoms with van der Waals surface area (Å²) in [5, 5.41) is 0.389. The minimum absolute atomic E-state index is 0.172. The summed E-state index contributed by atoms with van der Waals surface area (Å²) in [5.74, 6) is 1.87. The smallest absolute Gasteiger partial charge is 0.224 e. The van der Waals surface area contributed by atoms with Gasteiger partial charge in [0.1, 0.15) is 16.7 Å². The molecule has 0 bridgehead atoms. The molecule has 5 heteroatoms. The maximum absolute atomic E-state index is 6.02. The van der Waals surface area contributed by atoms with Crippen LogP contribution in [0.15, 0.2) is 30.3 Å². The standard InChI is InChI=1S/C14H14ClIN2O/c1-14(2,3)13-17-11(15)8-12(18-13)19-10-6-4-5-9(16)7-10/h4-8H,1-3H3. The van der Waals surface area contributed by atoms with Crippen LogP contribution in [-0.2, 0) is 5.41 Å². The van der Waals surface area contributed by atoms with Crippen molar-refractivity contribution in [3.8, 4) is 11.6 Å². The number of rotatable bonds is 2. The number of halogens is 2. The Hall–Kier alpha value is -0.880. The van der Waals surface area contributed by atoms with Crippen LogP contribution >= 0.6 is 34.2 Å². The second-order valence-electron chi connectivity index (χ2n) is 5.16. The number of nitrogens with zero attached hydrogens (tertiary/aromatic N) is 2. The summed E-state index contributed by atoms with van der Waals surface area (Å²) in [6, 6.07) is 9.38. The quantitative estimate of drug-likeness (QED) is 0.546. The Kier molecular flexibility index (Phi) is 4.30. The van der Waals surface area contributed by atoms with Crippen LogP contribution < -0.4 is 4.74 Å². The number of aromatic nitrogens is 2. The molecule has 100 valence electrons. The molecule has 0 fully saturated rings. The SMILES string of the molecule is CC(C)(C)c1nc(Cl)cc(Oc2cccc(I)c2)n1. The molecule has 0 radical (unpaired) electrons. The summed E-state index contributed by atoms with van der Waals surface area (Å²) in [4.78, 5) is 8.65. The first-order chi connectivity index (χ1) is 8.84. The van der Waals surface area contributed by atoms with Gasteiger partial charge in [-0.15, -0.1) is 0 Å². The zero-order chi connectivity index (χ0) is 14.0. The maximum atomic E-state index is 6.02. The lowest BCUT2D eigenvalue weighted by molar-refractivity contribution is 0.445. The molecule has 3 nitrogen and oxygen atoms in total. The van der Waals surface area contributed by atoms with E-state index in [2.05, 4.69) is 32.6 Å². The van der Waals surface area contributed by atoms with E-state index in [9.17, 15) is 0 Å². The van der Waals surface area contributed by atoms with Gasteiger partial charge in [0, 0.05) is 15.1 Å². The highest BCUT2D eigenvalue weighted by Crippen LogP contribution is 2.26. The molecule has 0 saturated carbocycles. The molecule has 19 heavy (non-hydrogen) atoms. The molecule has 1 aromatic carbocycles. The van der Waals surface area contributed by atoms with Crippen LogP contribution in [0.25, 0.3) is 0 Å². The topological polar surface area (TPSA) is 35.0 Å². The molecular weight excluding hydrogens is 375 g/mol. The van der Waals surface area contributed by atoms with Gasteiger partial charge in [0.2, 0.25) is 5.88 Å². The van der Waals surface area contributed by atoms with E-state index < -0.39 is 0 Å². The molecular formula is C14H14ClIN2O. The molecule has 0 amide bonds. The second kappa shape index (κ2) is 5.63. The minimum atomic E-state index is -0.172. The summed E-state index contributed by atoms with van der Waals surface area (Å²) >= 11 is 8.26. The average Bonchev–Trinajstić information content (AvgIpc) is 2.26. The fourth-order valence-electron chi connectivity index (χ4n) is 1.44. The highest BCUT2D eigenvalue weighted by molar-refractivity contribution is 14.1. The molecule has 0 aliphatic rings. The first kappa shape index (κ1) is 14.5.